The standard InChI is InChI=1S/C12H17BrN2O/c1-9-3-4-12(14-6-9)15-7-10(2)16-11(5-13)8-15/h3-4,6,10-11H,5,7-8H2,1-2H3. The number of halogens is 1. The summed E-state index contributed by atoms with van der Waals surface area (Å²) in [6.07, 6.45) is 2.43. The molecular weight excluding hydrogens is 268 g/mol. The van der Waals surface area contributed by atoms with Gasteiger partial charge in [-0.05, 0) is 25.5 Å². The second-order valence-corrected chi connectivity index (χ2v) is 4.97. The zero-order chi connectivity index (χ0) is 11.5. The monoisotopic (exact) mass is 284 g/mol. The van der Waals surface area contributed by atoms with E-state index in [4.69, 9.17) is 4.74 Å². The molecule has 0 amide bonds. The van der Waals surface area contributed by atoms with Crippen LogP contribution in [0.1, 0.15) is 12.5 Å². The number of hydrogen-bond donors (Lipinski definition) is 0. The number of morpholine rings is 1. The van der Waals surface area contributed by atoms with Crippen molar-refractivity contribution in [3.8, 4) is 0 Å². The van der Waals surface area contributed by atoms with E-state index < -0.39 is 0 Å². The molecule has 0 aliphatic carbocycles. The van der Waals surface area contributed by atoms with E-state index in [1.165, 1.54) is 5.56 Å². The highest BCUT2D eigenvalue weighted by atomic mass is 79.9. The van der Waals surface area contributed by atoms with Crippen molar-refractivity contribution in [2.75, 3.05) is 23.3 Å². The van der Waals surface area contributed by atoms with Crippen molar-refractivity contribution in [2.45, 2.75) is 26.1 Å². The molecule has 16 heavy (non-hydrogen) atoms. The van der Waals surface area contributed by atoms with Gasteiger partial charge in [-0.2, -0.15) is 0 Å². The van der Waals surface area contributed by atoms with Gasteiger partial charge >= 0.3 is 0 Å². The molecule has 2 heterocycles. The number of aromatic nitrogens is 1. The largest absolute Gasteiger partial charge is 0.371 e. The number of hydrogen-bond acceptors (Lipinski definition) is 3. The topological polar surface area (TPSA) is 25.4 Å². The molecule has 3 nitrogen and oxygen atoms in total. The fraction of sp³-hybridized carbons (Fsp3) is 0.583. The van der Waals surface area contributed by atoms with Gasteiger partial charge in [0.25, 0.3) is 0 Å². The molecule has 0 bridgehead atoms. The van der Waals surface area contributed by atoms with Crippen LogP contribution in [0.3, 0.4) is 0 Å². The minimum Gasteiger partial charge on any atom is -0.371 e. The van der Waals surface area contributed by atoms with Gasteiger partial charge in [0.2, 0.25) is 0 Å². The lowest BCUT2D eigenvalue weighted by molar-refractivity contribution is -0.00223. The van der Waals surface area contributed by atoms with Gasteiger partial charge in [-0.3, -0.25) is 0 Å². The van der Waals surface area contributed by atoms with Gasteiger partial charge in [0.1, 0.15) is 5.82 Å². The molecule has 0 saturated carbocycles. The van der Waals surface area contributed by atoms with Gasteiger partial charge in [-0.25, -0.2) is 4.98 Å². The maximum atomic E-state index is 5.79. The molecule has 0 aromatic carbocycles. The molecular formula is C12H17BrN2O. The molecule has 0 radical (unpaired) electrons. The van der Waals surface area contributed by atoms with E-state index in [-0.39, 0.29) is 12.2 Å². The summed E-state index contributed by atoms with van der Waals surface area (Å²) in [5.74, 6) is 1.05. The third kappa shape index (κ3) is 2.74. The van der Waals surface area contributed by atoms with Crippen molar-refractivity contribution >= 4 is 21.7 Å². The Kier molecular flexibility index (Phi) is 3.82. The Morgan fingerprint density at radius 2 is 2.31 bits per heavy atom. The van der Waals surface area contributed by atoms with Crippen LogP contribution in [0.2, 0.25) is 0 Å². The fourth-order valence-corrected chi connectivity index (χ4v) is 2.32. The first-order valence-corrected chi connectivity index (χ1v) is 6.70. The van der Waals surface area contributed by atoms with Crippen LogP contribution in [0.5, 0.6) is 0 Å². The fourth-order valence-electron chi connectivity index (χ4n) is 1.96. The van der Waals surface area contributed by atoms with Crippen LogP contribution in [0, 0.1) is 6.92 Å². The minimum absolute atomic E-state index is 0.256. The van der Waals surface area contributed by atoms with Crippen LogP contribution in [0.25, 0.3) is 0 Å². The lowest BCUT2D eigenvalue weighted by Crippen LogP contribution is -2.47. The van der Waals surface area contributed by atoms with Crippen LogP contribution in [-0.4, -0.2) is 35.6 Å². The molecule has 4 heteroatoms. The summed E-state index contributed by atoms with van der Waals surface area (Å²) < 4.78 is 5.79. The van der Waals surface area contributed by atoms with E-state index >= 15 is 0 Å². The van der Waals surface area contributed by atoms with Crippen LogP contribution in [0.4, 0.5) is 5.82 Å². The first kappa shape index (κ1) is 11.9. The lowest BCUT2D eigenvalue weighted by atomic mass is 10.2. The van der Waals surface area contributed by atoms with Gasteiger partial charge in [0.15, 0.2) is 0 Å². The smallest absolute Gasteiger partial charge is 0.128 e. The number of alkyl halides is 1. The molecule has 88 valence electrons. The van der Waals surface area contributed by atoms with E-state index in [9.17, 15) is 0 Å². The normalized spacial score (nSPS) is 25.8. The van der Waals surface area contributed by atoms with Gasteiger partial charge in [-0.1, -0.05) is 22.0 Å². The number of anilines is 1. The van der Waals surface area contributed by atoms with Gasteiger partial charge in [0, 0.05) is 24.6 Å². The Balaban J connectivity index is 2.11. The highest BCUT2D eigenvalue weighted by Gasteiger charge is 2.25. The van der Waals surface area contributed by atoms with Crippen molar-refractivity contribution in [3.05, 3.63) is 23.9 Å². The molecule has 1 aliphatic heterocycles. The average molecular weight is 285 g/mol. The van der Waals surface area contributed by atoms with E-state index in [1.807, 2.05) is 6.20 Å². The molecule has 1 fully saturated rings. The summed E-state index contributed by atoms with van der Waals surface area (Å²) in [5.41, 5.74) is 1.20. The third-order valence-corrected chi connectivity index (χ3v) is 3.44. The SMILES string of the molecule is Cc1ccc(N2CC(C)OC(CBr)C2)nc1. The molecule has 1 aromatic heterocycles. The number of nitrogens with zero attached hydrogens (tertiary/aromatic N) is 2. The maximum absolute atomic E-state index is 5.79. The number of pyridine rings is 1. The summed E-state index contributed by atoms with van der Waals surface area (Å²) in [7, 11) is 0. The highest BCUT2D eigenvalue weighted by molar-refractivity contribution is 9.09. The van der Waals surface area contributed by atoms with Crippen molar-refractivity contribution in [2.24, 2.45) is 0 Å². The molecule has 2 unspecified atom stereocenters. The third-order valence-electron chi connectivity index (χ3n) is 2.72. The Labute approximate surface area is 105 Å². The first-order chi connectivity index (χ1) is 7.69. The van der Waals surface area contributed by atoms with E-state index in [2.05, 4.69) is 51.8 Å². The quantitative estimate of drug-likeness (QED) is 0.780. The van der Waals surface area contributed by atoms with E-state index in [0.29, 0.717) is 0 Å². The second kappa shape index (κ2) is 5.15. The summed E-state index contributed by atoms with van der Waals surface area (Å²) in [6.45, 7) is 5.99. The molecule has 0 spiro atoms. The van der Waals surface area contributed by atoms with Crippen molar-refractivity contribution in [1.82, 2.24) is 4.98 Å². The number of rotatable bonds is 2. The van der Waals surface area contributed by atoms with Gasteiger partial charge < -0.3 is 9.64 Å². The first-order valence-electron chi connectivity index (χ1n) is 5.58. The predicted molar refractivity (Wildman–Crippen MR) is 69.3 cm³/mol. The summed E-state index contributed by atoms with van der Waals surface area (Å²) >= 11 is 3.48. The van der Waals surface area contributed by atoms with Crippen LogP contribution in [0.15, 0.2) is 18.3 Å². The molecule has 1 saturated heterocycles. The van der Waals surface area contributed by atoms with Crippen LogP contribution in [-0.2, 0) is 4.74 Å². The average Bonchev–Trinajstić information content (AvgIpc) is 2.29. The van der Waals surface area contributed by atoms with Gasteiger partial charge in [-0.15, -0.1) is 0 Å². The predicted octanol–water partition coefficient (Wildman–Crippen LogP) is 2.38. The Morgan fingerprint density at radius 3 is 2.94 bits per heavy atom. The Bertz CT molecular complexity index is 341. The zero-order valence-corrected chi connectivity index (χ0v) is 11.3. The van der Waals surface area contributed by atoms with Crippen molar-refractivity contribution in [3.63, 3.8) is 0 Å². The van der Waals surface area contributed by atoms with Gasteiger partial charge in [0.05, 0.1) is 12.2 Å². The van der Waals surface area contributed by atoms with Crippen molar-refractivity contribution < 1.29 is 4.74 Å². The van der Waals surface area contributed by atoms with E-state index in [0.717, 1.165) is 24.2 Å². The maximum Gasteiger partial charge on any atom is 0.128 e. The highest BCUT2D eigenvalue weighted by Crippen LogP contribution is 2.19. The molecule has 2 rings (SSSR count). The Morgan fingerprint density at radius 1 is 1.50 bits per heavy atom. The number of ether oxygens (including phenoxy) is 1. The summed E-state index contributed by atoms with van der Waals surface area (Å²) in [5, 5.41) is 0.875. The van der Waals surface area contributed by atoms with E-state index in [1.54, 1.807) is 0 Å². The van der Waals surface area contributed by atoms with Crippen molar-refractivity contribution in [1.29, 1.82) is 0 Å². The van der Waals surface area contributed by atoms with Crippen LogP contribution < -0.4 is 4.90 Å². The molecule has 2 atom stereocenters. The Hall–Kier alpha value is -0.610. The second-order valence-electron chi connectivity index (χ2n) is 4.32. The minimum atomic E-state index is 0.256. The number of aryl methyl sites for hydroxylation is 1. The zero-order valence-electron chi connectivity index (χ0n) is 9.69. The molecule has 0 N–H and O–H groups in total. The summed E-state index contributed by atoms with van der Waals surface area (Å²) in [4.78, 5) is 6.75. The lowest BCUT2D eigenvalue weighted by Gasteiger charge is -2.36. The summed E-state index contributed by atoms with van der Waals surface area (Å²) in [6, 6.07) is 4.18. The van der Waals surface area contributed by atoms with Crippen LogP contribution >= 0.6 is 15.9 Å². The molecule has 1 aromatic rings. The molecule has 1 aliphatic rings.